The van der Waals surface area contributed by atoms with Gasteiger partial charge in [-0.2, -0.15) is 4.39 Å². The molecule has 0 spiro atoms. The van der Waals surface area contributed by atoms with Crippen molar-refractivity contribution in [2.24, 2.45) is 5.92 Å². The van der Waals surface area contributed by atoms with Crippen molar-refractivity contribution in [2.45, 2.75) is 25.7 Å². The van der Waals surface area contributed by atoms with Crippen molar-refractivity contribution in [3.05, 3.63) is 39.4 Å². The van der Waals surface area contributed by atoms with Crippen LogP contribution in [0.3, 0.4) is 0 Å². The van der Waals surface area contributed by atoms with E-state index in [1.807, 2.05) is 0 Å². The molecule has 0 bridgehead atoms. The minimum absolute atomic E-state index is 0.0606. The van der Waals surface area contributed by atoms with Gasteiger partial charge in [0, 0.05) is 6.07 Å². The molecule has 0 heterocycles. The fourth-order valence-corrected chi connectivity index (χ4v) is 2.04. The third-order valence-corrected chi connectivity index (χ3v) is 3.46. The van der Waals surface area contributed by atoms with Gasteiger partial charge in [0.1, 0.15) is 11.4 Å². The molecular weight excluding hydrogens is 272 g/mol. The summed E-state index contributed by atoms with van der Waals surface area (Å²) < 4.78 is 31.9. The molecule has 1 aromatic carbocycles. The van der Waals surface area contributed by atoms with Crippen molar-refractivity contribution in [3.8, 4) is 0 Å². The summed E-state index contributed by atoms with van der Waals surface area (Å²) in [4.78, 5) is 21.2. The lowest BCUT2D eigenvalue weighted by Gasteiger charge is -2.24. The van der Waals surface area contributed by atoms with Gasteiger partial charge in [-0.3, -0.25) is 10.1 Å². The third-order valence-electron chi connectivity index (χ3n) is 3.46. The summed E-state index contributed by atoms with van der Waals surface area (Å²) in [5.74, 6) is -3.38. The molecule has 1 aromatic rings. The summed E-state index contributed by atoms with van der Waals surface area (Å²) in [5.41, 5.74) is -1.95. The largest absolute Gasteiger partial charge is 0.462 e. The topological polar surface area (TPSA) is 69.4 Å². The van der Waals surface area contributed by atoms with Crippen LogP contribution in [0.4, 0.5) is 14.5 Å². The fourth-order valence-electron chi connectivity index (χ4n) is 2.04. The molecule has 0 amide bonds. The highest BCUT2D eigenvalue weighted by Gasteiger charge is 2.27. The van der Waals surface area contributed by atoms with Gasteiger partial charge in [-0.15, -0.1) is 0 Å². The molecule has 0 aliphatic heterocycles. The van der Waals surface area contributed by atoms with E-state index in [1.165, 1.54) is 0 Å². The second-order valence-electron chi connectivity index (χ2n) is 4.73. The van der Waals surface area contributed by atoms with Crippen molar-refractivity contribution in [3.63, 3.8) is 0 Å². The molecule has 1 aliphatic rings. The molecule has 0 N–H and O–H groups in total. The highest BCUT2D eigenvalue weighted by Crippen LogP contribution is 2.29. The number of hydrogen-bond donors (Lipinski definition) is 0. The number of carbonyl (C=O) groups excluding carboxylic acids is 1. The molecule has 1 aliphatic carbocycles. The number of nitrogens with zero attached hydrogens (tertiary/aromatic N) is 1. The van der Waals surface area contributed by atoms with Gasteiger partial charge in [-0.05, 0) is 18.4 Å². The first-order valence-corrected chi connectivity index (χ1v) is 6.30. The Morgan fingerprint density at radius 1 is 1.40 bits per heavy atom. The lowest BCUT2D eigenvalue weighted by molar-refractivity contribution is -0.387. The minimum Gasteiger partial charge on any atom is -0.462 e. The summed E-state index contributed by atoms with van der Waals surface area (Å²) in [5, 5.41) is 10.5. The number of ether oxygens (including phenoxy) is 1. The van der Waals surface area contributed by atoms with Crippen LogP contribution in [-0.2, 0) is 4.74 Å². The van der Waals surface area contributed by atoms with Gasteiger partial charge in [0.05, 0.1) is 11.5 Å². The van der Waals surface area contributed by atoms with Crippen LogP contribution in [0.15, 0.2) is 12.1 Å². The normalized spacial score (nSPS) is 14.7. The van der Waals surface area contributed by atoms with Crippen LogP contribution in [0.25, 0.3) is 0 Å². The number of esters is 1. The SMILES string of the molecule is O=C(OCCC1CCC1)c1c(F)ccc([N+](=O)[O-])c1F. The monoisotopic (exact) mass is 285 g/mol. The van der Waals surface area contributed by atoms with Crippen LogP contribution in [0.1, 0.15) is 36.0 Å². The van der Waals surface area contributed by atoms with Gasteiger partial charge in [-0.25, -0.2) is 9.18 Å². The van der Waals surface area contributed by atoms with Gasteiger partial charge >= 0.3 is 11.7 Å². The average molecular weight is 285 g/mol. The van der Waals surface area contributed by atoms with Gasteiger partial charge in [-0.1, -0.05) is 19.3 Å². The molecule has 0 unspecified atom stereocenters. The van der Waals surface area contributed by atoms with Crippen molar-refractivity contribution < 1.29 is 23.2 Å². The number of nitro groups is 1. The maximum Gasteiger partial charge on any atom is 0.344 e. The summed E-state index contributed by atoms with van der Waals surface area (Å²) in [7, 11) is 0. The van der Waals surface area contributed by atoms with Crippen LogP contribution in [0, 0.1) is 27.7 Å². The van der Waals surface area contributed by atoms with Crippen LogP contribution in [0.5, 0.6) is 0 Å². The maximum absolute atomic E-state index is 13.7. The summed E-state index contributed by atoms with van der Waals surface area (Å²) in [6.45, 7) is 0.0606. The Balaban J connectivity index is 2.07. The Hall–Kier alpha value is -2.05. The van der Waals surface area contributed by atoms with E-state index < -0.39 is 33.8 Å². The summed E-state index contributed by atoms with van der Waals surface area (Å²) in [6, 6.07) is 1.36. The molecule has 2 rings (SSSR count). The molecule has 108 valence electrons. The second kappa shape index (κ2) is 5.94. The lowest BCUT2D eigenvalue weighted by Crippen LogP contribution is -2.17. The molecule has 7 heteroatoms. The van der Waals surface area contributed by atoms with Crippen LogP contribution in [0.2, 0.25) is 0 Å². The Bertz CT molecular complexity index is 543. The highest BCUT2D eigenvalue weighted by molar-refractivity contribution is 5.90. The third kappa shape index (κ3) is 2.92. The van der Waals surface area contributed by atoms with E-state index >= 15 is 0 Å². The van der Waals surface area contributed by atoms with E-state index in [0.29, 0.717) is 24.5 Å². The van der Waals surface area contributed by atoms with E-state index in [9.17, 15) is 23.7 Å². The molecule has 5 nitrogen and oxygen atoms in total. The van der Waals surface area contributed by atoms with E-state index in [-0.39, 0.29) is 6.61 Å². The Morgan fingerprint density at radius 3 is 2.65 bits per heavy atom. The standard InChI is InChI=1S/C13H13F2NO4/c14-9-4-5-10(16(18)19)12(15)11(9)13(17)20-7-6-8-2-1-3-8/h4-5,8H,1-3,6-7H2. The van der Waals surface area contributed by atoms with E-state index in [0.717, 1.165) is 19.3 Å². The zero-order valence-corrected chi connectivity index (χ0v) is 10.6. The molecular formula is C13H13F2NO4. The van der Waals surface area contributed by atoms with E-state index in [1.54, 1.807) is 0 Å². The maximum atomic E-state index is 13.7. The minimum atomic E-state index is -1.50. The lowest BCUT2D eigenvalue weighted by atomic mass is 9.83. The Morgan fingerprint density at radius 2 is 2.10 bits per heavy atom. The first-order chi connectivity index (χ1) is 9.50. The fraction of sp³-hybridized carbons (Fsp3) is 0.462. The van der Waals surface area contributed by atoms with Crippen molar-refractivity contribution in [1.82, 2.24) is 0 Å². The second-order valence-corrected chi connectivity index (χ2v) is 4.73. The summed E-state index contributed by atoms with van der Waals surface area (Å²) in [6.07, 6.45) is 3.92. The van der Waals surface area contributed by atoms with Crippen LogP contribution < -0.4 is 0 Å². The van der Waals surface area contributed by atoms with Gasteiger partial charge in [0.25, 0.3) is 0 Å². The van der Waals surface area contributed by atoms with Gasteiger partial charge < -0.3 is 4.74 Å². The molecule has 1 saturated carbocycles. The molecule has 0 atom stereocenters. The predicted molar refractivity (Wildman–Crippen MR) is 65.3 cm³/mol. The van der Waals surface area contributed by atoms with E-state index in [2.05, 4.69) is 0 Å². The average Bonchev–Trinajstić information content (AvgIpc) is 2.31. The Labute approximate surface area is 113 Å². The first kappa shape index (κ1) is 14.4. The number of halogens is 2. The quantitative estimate of drug-likeness (QED) is 0.473. The zero-order valence-electron chi connectivity index (χ0n) is 10.6. The predicted octanol–water partition coefficient (Wildman–Crippen LogP) is 3.22. The van der Waals surface area contributed by atoms with Crippen molar-refractivity contribution in [2.75, 3.05) is 6.61 Å². The molecule has 0 aromatic heterocycles. The number of rotatable bonds is 5. The number of hydrogen-bond acceptors (Lipinski definition) is 4. The number of benzene rings is 1. The van der Waals surface area contributed by atoms with E-state index in [4.69, 9.17) is 4.74 Å². The van der Waals surface area contributed by atoms with Gasteiger partial charge in [0.15, 0.2) is 0 Å². The highest BCUT2D eigenvalue weighted by atomic mass is 19.1. The zero-order chi connectivity index (χ0) is 14.7. The molecule has 1 fully saturated rings. The van der Waals surface area contributed by atoms with Crippen LogP contribution in [-0.4, -0.2) is 17.5 Å². The van der Waals surface area contributed by atoms with Gasteiger partial charge in [0.2, 0.25) is 5.82 Å². The van der Waals surface area contributed by atoms with Crippen LogP contribution >= 0.6 is 0 Å². The molecule has 0 saturated heterocycles. The number of nitro benzene ring substituents is 1. The first-order valence-electron chi connectivity index (χ1n) is 6.30. The van der Waals surface area contributed by atoms with Crippen molar-refractivity contribution >= 4 is 11.7 Å². The smallest absolute Gasteiger partial charge is 0.344 e. The summed E-state index contributed by atoms with van der Waals surface area (Å²) >= 11 is 0. The Kier molecular flexibility index (Phi) is 4.26. The molecule has 0 radical (unpaired) electrons. The van der Waals surface area contributed by atoms with Crippen molar-refractivity contribution in [1.29, 1.82) is 0 Å². The number of carbonyl (C=O) groups is 1. The molecule has 20 heavy (non-hydrogen) atoms.